The molecule has 0 fully saturated rings. The number of hydrogen-bond donors (Lipinski definition) is 2. The molecule has 1 rings (SSSR count). The standard InChI is InChI=1S/C9H10F2N2O3/c1-2-16-9(15)5-4(12)3-13-8(14)6(5)7(10)11/h3,7H,2,12H2,1H3,(H,13,14). The Bertz CT molecular complexity index is 457. The van der Waals surface area contributed by atoms with E-state index in [0.29, 0.717) is 0 Å². The molecule has 0 aliphatic heterocycles. The van der Waals surface area contributed by atoms with Gasteiger partial charge in [-0.05, 0) is 6.92 Å². The Morgan fingerprint density at radius 1 is 1.62 bits per heavy atom. The fourth-order valence-electron chi connectivity index (χ4n) is 1.20. The average Bonchev–Trinajstić information content (AvgIpc) is 2.20. The summed E-state index contributed by atoms with van der Waals surface area (Å²) >= 11 is 0. The molecule has 16 heavy (non-hydrogen) atoms. The lowest BCUT2D eigenvalue weighted by molar-refractivity contribution is 0.0516. The predicted octanol–water partition coefficient (Wildman–Crippen LogP) is 1.07. The zero-order valence-corrected chi connectivity index (χ0v) is 8.42. The van der Waals surface area contributed by atoms with Crippen LogP contribution in [0.15, 0.2) is 11.0 Å². The first-order chi connectivity index (χ1) is 7.49. The lowest BCUT2D eigenvalue weighted by Gasteiger charge is -2.09. The minimum Gasteiger partial charge on any atom is -0.462 e. The van der Waals surface area contributed by atoms with Crippen molar-refractivity contribution < 1.29 is 18.3 Å². The van der Waals surface area contributed by atoms with Crippen molar-refractivity contribution in [2.24, 2.45) is 0 Å². The van der Waals surface area contributed by atoms with Crippen LogP contribution in [0.1, 0.15) is 29.3 Å². The summed E-state index contributed by atoms with van der Waals surface area (Å²) in [6.07, 6.45) is -2.10. The molecule has 1 heterocycles. The number of esters is 1. The van der Waals surface area contributed by atoms with Gasteiger partial charge in [0.05, 0.1) is 23.4 Å². The number of ether oxygens (including phenoxy) is 1. The van der Waals surface area contributed by atoms with Gasteiger partial charge in [0.2, 0.25) is 0 Å². The second kappa shape index (κ2) is 4.73. The van der Waals surface area contributed by atoms with E-state index in [9.17, 15) is 18.4 Å². The minimum atomic E-state index is -3.09. The highest BCUT2D eigenvalue weighted by Gasteiger charge is 2.25. The summed E-state index contributed by atoms with van der Waals surface area (Å²) in [5.41, 5.74) is 2.54. The van der Waals surface area contributed by atoms with Crippen LogP contribution in [-0.4, -0.2) is 17.6 Å². The third kappa shape index (κ3) is 2.18. The van der Waals surface area contributed by atoms with Crippen LogP contribution >= 0.6 is 0 Å². The first-order valence-corrected chi connectivity index (χ1v) is 4.45. The maximum absolute atomic E-state index is 12.6. The molecule has 0 unspecified atom stereocenters. The van der Waals surface area contributed by atoms with Gasteiger partial charge < -0.3 is 15.5 Å². The maximum atomic E-state index is 12.6. The Balaban J connectivity index is 3.40. The van der Waals surface area contributed by atoms with Crippen LogP contribution in [0.5, 0.6) is 0 Å². The minimum absolute atomic E-state index is 0.00769. The van der Waals surface area contributed by atoms with Crippen LogP contribution in [0.4, 0.5) is 14.5 Å². The molecule has 0 atom stereocenters. The highest BCUT2D eigenvalue weighted by molar-refractivity contribution is 5.96. The molecule has 0 radical (unpaired) electrons. The normalized spacial score (nSPS) is 10.5. The van der Waals surface area contributed by atoms with Crippen molar-refractivity contribution in [3.8, 4) is 0 Å². The van der Waals surface area contributed by atoms with E-state index in [0.717, 1.165) is 6.20 Å². The lowest BCUT2D eigenvalue weighted by atomic mass is 10.1. The zero-order valence-electron chi connectivity index (χ0n) is 8.42. The number of H-pyrrole nitrogens is 1. The molecule has 0 amide bonds. The van der Waals surface area contributed by atoms with Crippen molar-refractivity contribution in [1.82, 2.24) is 4.98 Å². The Kier molecular flexibility index (Phi) is 3.60. The predicted molar refractivity (Wildman–Crippen MR) is 52.4 cm³/mol. The van der Waals surface area contributed by atoms with Gasteiger partial charge in [-0.1, -0.05) is 0 Å². The quantitative estimate of drug-likeness (QED) is 0.763. The van der Waals surface area contributed by atoms with E-state index in [1.54, 1.807) is 0 Å². The van der Waals surface area contributed by atoms with E-state index in [4.69, 9.17) is 5.73 Å². The van der Waals surface area contributed by atoms with E-state index in [1.807, 2.05) is 4.98 Å². The number of carbonyl (C=O) groups is 1. The molecular weight excluding hydrogens is 222 g/mol. The summed E-state index contributed by atoms with van der Waals surface area (Å²) in [4.78, 5) is 24.5. The summed E-state index contributed by atoms with van der Waals surface area (Å²) in [7, 11) is 0. The van der Waals surface area contributed by atoms with Crippen LogP contribution in [0.3, 0.4) is 0 Å². The van der Waals surface area contributed by atoms with Crippen molar-refractivity contribution in [3.63, 3.8) is 0 Å². The van der Waals surface area contributed by atoms with E-state index < -0.39 is 29.1 Å². The number of pyridine rings is 1. The van der Waals surface area contributed by atoms with Gasteiger partial charge in [-0.3, -0.25) is 4.79 Å². The first-order valence-electron chi connectivity index (χ1n) is 4.45. The SMILES string of the molecule is CCOC(=O)c1c(N)c[nH]c(=O)c1C(F)F. The molecule has 1 aromatic rings. The monoisotopic (exact) mass is 232 g/mol. The van der Waals surface area contributed by atoms with Crippen LogP contribution < -0.4 is 11.3 Å². The smallest absolute Gasteiger partial charge is 0.340 e. The van der Waals surface area contributed by atoms with Crippen molar-refractivity contribution >= 4 is 11.7 Å². The largest absolute Gasteiger partial charge is 0.462 e. The Hall–Kier alpha value is -1.92. The van der Waals surface area contributed by atoms with Crippen molar-refractivity contribution in [1.29, 1.82) is 0 Å². The van der Waals surface area contributed by atoms with Gasteiger partial charge in [-0.15, -0.1) is 0 Å². The van der Waals surface area contributed by atoms with E-state index in [-0.39, 0.29) is 12.3 Å². The number of hydrogen-bond acceptors (Lipinski definition) is 4. The number of rotatable bonds is 3. The number of nitrogens with one attached hydrogen (secondary N) is 1. The second-order valence-corrected chi connectivity index (χ2v) is 2.88. The maximum Gasteiger partial charge on any atom is 0.340 e. The molecule has 0 aromatic carbocycles. The third-order valence-electron chi connectivity index (χ3n) is 1.86. The lowest BCUT2D eigenvalue weighted by Crippen LogP contribution is -2.21. The summed E-state index contributed by atoms with van der Waals surface area (Å²) < 4.78 is 29.7. The van der Waals surface area contributed by atoms with Gasteiger partial charge in [0, 0.05) is 6.20 Å². The fraction of sp³-hybridized carbons (Fsp3) is 0.333. The molecule has 0 bridgehead atoms. The molecule has 3 N–H and O–H groups in total. The van der Waals surface area contributed by atoms with Crippen molar-refractivity contribution in [3.05, 3.63) is 27.7 Å². The van der Waals surface area contributed by atoms with Gasteiger partial charge in [-0.2, -0.15) is 0 Å². The molecule has 0 aliphatic carbocycles. The van der Waals surface area contributed by atoms with E-state index in [1.165, 1.54) is 6.92 Å². The molecule has 7 heteroatoms. The second-order valence-electron chi connectivity index (χ2n) is 2.88. The number of nitrogen functional groups attached to an aromatic ring is 1. The molecule has 1 aromatic heterocycles. The number of carbonyl (C=O) groups excluding carboxylic acids is 1. The molecule has 88 valence electrons. The Morgan fingerprint density at radius 3 is 2.75 bits per heavy atom. The number of aromatic nitrogens is 1. The molecule has 0 saturated carbocycles. The van der Waals surface area contributed by atoms with Crippen LogP contribution in [0.25, 0.3) is 0 Å². The number of nitrogens with two attached hydrogens (primary N) is 1. The number of alkyl halides is 2. The first kappa shape index (κ1) is 12.2. The molecule has 0 spiro atoms. The highest BCUT2D eigenvalue weighted by atomic mass is 19.3. The summed E-state index contributed by atoms with van der Waals surface area (Å²) in [5.74, 6) is -1.03. The van der Waals surface area contributed by atoms with Crippen LogP contribution in [0, 0.1) is 0 Å². The van der Waals surface area contributed by atoms with Crippen LogP contribution in [-0.2, 0) is 4.74 Å². The molecular formula is C9H10F2N2O3. The van der Waals surface area contributed by atoms with Gasteiger partial charge in [0.1, 0.15) is 0 Å². The van der Waals surface area contributed by atoms with Gasteiger partial charge in [-0.25, -0.2) is 13.6 Å². The average molecular weight is 232 g/mol. The number of aromatic amines is 1. The highest BCUT2D eigenvalue weighted by Crippen LogP contribution is 2.23. The van der Waals surface area contributed by atoms with Gasteiger partial charge in [0.25, 0.3) is 12.0 Å². The Morgan fingerprint density at radius 2 is 2.25 bits per heavy atom. The van der Waals surface area contributed by atoms with Crippen LogP contribution in [0.2, 0.25) is 0 Å². The summed E-state index contributed by atoms with van der Waals surface area (Å²) in [6, 6.07) is 0. The summed E-state index contributed by atoms with van der Waals surface area (Å²) in [5, 5.41) is 0. The zero-order chi connectivity index (χ0) is 12.3. The van der Waals surface area contributed by atoms with Crippen molar-refractivity contribution in [2.75, 3.05) is 12.3 Å². The molecule has 0 saturated heterocycles. The fourth-order valence-corrected chi connectivity index (χ4v) is 1.20. The summed E-state index contributed by atoms with van der Waals surface area (Å²) in [6.45, 7) is 1.52. The third-order valence-corrected chi connectivity index (χ3v) is 1.86. The molecule has 5 nitrogen and oxygen atoms in total. The van der Waals surface area contributed by atoms with Gasteiger partial charge in [0.15, 0.2) is 0 Å². The van der Waals surface area contributed by atoms with Gasteiger partial charge >= 0.3 is 5.97 Å². The Labute approximate surface area is 89.2 Å². The topological polar surface area (TPSA) is 85.2 Å². The number of anilines is 1. The number of halogens is 2. The van der Waals surface area contributed by atoms with E-state index >= 15 is 0 Å². The van der Waals surface area contributed by atoms with E-state index in [2.05, 4.69) is 4.74 Å². The van der Waals surface area contributed by atoms with Crippen molar-refractivity contribution in [2.45, 2.75) is 13.3 Å². The molecule has 0 aliphatic rings.